The summed E-state index contributed by atoms with van der Waals surface area (Å²) in [4.78, 5) is 12.3. The van der Waals surface area contributed by atoms with E-state index in [1.165, 1.54) is 10.5 Å². The standard InChI is InChI=1S/C14H11NO2Se/c16-15(17)13-6-4-5-12(11-13)9-10-18-14-7-2-1-3-8-14/h1-11H/b10-9-. The molecule has 0 aromatic heterocycles. The van der Waals surface area contributed by atoms with Crippen LogP contribution >= 0.6 is 0 Å². The zero-order valence-corrected chi connectivity index (χ0v) is 11.2. The molecule has 0 spiro atoms. The molecule has 3 nitrogen and oxygen atoms in total. The van der Waals surface area contributed by atoms with Gasteiger partial charge >= 0.3 is 111 Å². The first-order chi connectivity index (χ1) is 8.75. The van der Waals surface area contributed by atoms with Gasteiger partial charge in [0.25, 0.3) is 0 Å². The Morgan fingerprint density at radius 2 is 1.83 bits per heavy atom. The molecule has 2 aromatic rings. The molecule has 0 saturated carbocycles. The van der Waals surface area contributed by atoms with Gasteiger partial charge in [0.15, 0.2) is 0 Å². The Morgan fingerprint density at radius 1 is 1.06 bits per heavy atom. The average Bonchev–Trinajstić information content (AvgIpc) is 2.40. The number of nitro benzene ring substituents is 1. The molecule has 0 atom stereocenters. The Kier molecular flexibility index (Phi) is 4.29. The molecule has 2 aromatic carbocycles. The quantitative estimate of drug-likeness (QED) is 0.495. The van der Waals surface area contributed by atoms with E-state index in [1.54, 1.807) is 12.1 Å². The van der Waals surface area contributed by atoms with Gasteiger partial charge in [-0.2, -0.15) is 0 Å². The summed E-state index contributed by atoms with van der Waals surface area (Å²) in [6.07, 6.45) is 1.93. The number of nitro groups is 1. The fraction of sp³-hybridized carbons (Fsp3) is 0. The van der Waals surface area contributed by atoms with Gasteiger partial charge in [0, 0.05) is 0 Å². The summed E-state index contributed by atoms with van der Waals surface area (Å²) in [6, 6.07) is 16.8. The Labute approximate surface area is 111 Å². The minimum absolute atomic E-state index is 0.129. The van der Waals surface area contributed by atoms with E-state index in [4.69, 9.17) is 0 Å². The maximum atomic E-state index is 10.6. The molecule has 0 aliphatic rings. The minimum atomic E-state index is -0.375. The van der Waals surface area contributed by atoms with E-state index in [2.05, 4.69) is 17.1 Å². The molecule has 18 heavy (non-hydrogen) atoms. The van der Waals surface area contributed by atoms with Crippen LogP contribution in [0.1, 0.15) is 5.56 Å². The third-order valence-corrected chi connectivity index (χ3v) is 4.00. The SMILES string of the molecule is O=[N+]([O-])c1cccc(/C=C\[Se]c2ccccc2)c1. The van der Waals surface area contributed by atoms with E-state index < -0.39 is 0 Å². The molecule has 0 radical (unpaired) electrons. The molecule has 0 amide bonds. The van der Waals surface area contributed by atoms with E-state index in [0.717, 1.165) is 5.56 Å². The van der Waals surface area contributed by atoms with E-state index in [0.29, 0.717) is 0 Å². The summed E-state index contributed by atoms with van der Waals surface area (Å²) in [5, 5.41) is 10.6. The van der Waals surface area contributed by atoms with Gasteiger partial charge in [-0.25, -0.2) is 0 Å². The molecule has 0 bridgehead atoms. The molecule has 90 valence electrons. The summed E-state index contributed by atoms with van der Waals surface area (Å²) in [5.74, 6) is 0. The van der Waals surface area contributed by atoms with Crippen molar-refractivity contribution in [1.29, 1.82) is 0 Å². The number of non-ortho nitro benzene ring substituents is 1. The summed E-state index contributed by atoms with van der Waals surface area (Å²) < 4.78 is 1.28. The number of hydrogen-bond acceptors (Lipinski definition) is 2. The molecule has 2 rings (SSSR count). The van der Waals surface area contributed by atoms with Crippen molar-refractivity contribution in [3.05, 3.63) is 75.2 Å². The zero-order valence-electron chi connectivity index (χ0n) is 9.52. The van der Waals surface area contributed by atoms with Gasteiger partial charge in [0.1, 0.15) is 0 Å². The number of hydrogen-bond donors (Lipinski definition) is 0. The molecular formula is C14H11NO2Se. The van der Waals surface area contributed by atoms with Crippen LogP contribution in [0, 0.1) is 10.1 Å². The van der Waals surface area contributed by atoms with Crippen molar-refractivity contribution in [2.45, 2.75) is 0 Å². The van der Waals surface area contributed by atoms with Crippen LogP contribution in [0.4, 0.5) is 5.69 Å². The maximum absolute atomic E-state index is 10.6. The van der Waals surface area contributed by atoms with Gasteiger partial charge in [-0.05, 0) is 0 Å². The summed E-state index contributed by atoms with van der Waals surface area (Å²) in [7, 11) is 0. The molecule has 0 unspecified atom stereocenters. The van der Waals surface area contributed by atoms with E-state index >= 15 is 0 Å². The Balaban J connectivity index is 2.05. The Morgan fingerprint density at radius 3 is 2.56 bits per heavy atom. The molecule has 0 aliphatic heterocycles. The molecule has 0 aliphatic carbocycles. The molecular weight excluding hydrogens is 293 g/mol. The fourth-order valence-corrected chi connectivity index (χ4v) is 2.89. The van der Waals surface area contributed by atoms with Crippen molar-refractivity contribution in [2.75, 3.05) is 0 Å². The van der Waals surface area contributed by atoms with Crippen LogP contribution < -0.4 is 4.46 Å². The van der Waals surface area contributed by atoms with Crippen molar-refractivity contribution >= 4 is 31.2 Å². The summed E-state index contributed by atoms with van der Waals surface area (Å²) >= 11 is 0.256. The van der Waals surface area contributed by atoms with Gasteiger partial charge in [-0.1, -0.05) is 0 Å². The third-order valence-electron chi connectivity index (χ3n) is 2.29. The van der Waals surface area contributed by atoms with Crippen molar-refractivity contribution in [1.82, 2.24) is 0 Å². The Bertz CT molecular complexity index is 567. The topological polar surface area (TPSA) is 43.1 Å². The first kappa shape index (κ1) is 12.6. The van der Waals surface area contributed by atoms with Crippen molar-refractivity contribution < 1.29 is 4.92 Å². The fourth-order valence-electron chi connectivity index (χ4n) is 1.43. The van der Waals surface area contributed by atoms with Crippen molar-refractivity contribution in [3.63, 3.8) is 0 Å². The van der Waals surface area contributed by atoms with Gasteiger partial charge in [-0.15, -0.1) is 0 Å². The second kappa shape index (κ2) is 6.15. The van der Waals surface area contributed by atoms with Gasteiger partial charge in [-0.3, -0.25) is 0 Å². The number of nitrogens with zero attached hydrogens (tertiary/aromatic N) is 1. The van der Waals surface area contributed by atoms with Crippen LogP contribution in [-0.4, -0.2) is 19.9 Å². The first-order valence-electron chi connectivity index (χ1n) is 5.38. The second-order valence-corrected chi connectivity index (χ2v) is 5.64. The predicted molar refractivity (Wildman–Crippen MR) is 74.0 cm³/mol. The van der Waals surface area contributed by atoms with E-state index in [1.807, 2.05) is 30.3 Å². The molecule has 0 heterocycles. The van der Waals surface area contributed by atoms with E-state index in [9.17, 15) is 10.1 Å². The van der Waals surface area contributed by atoms with Gasteiger partial charge in [0.05, 0.1) is 0 Å². The van der Waals surface area contributed by atoms with Crippen molar-refractivity contribution in [2.24, 2.45) is 0 Å². The number of benzene rings is 2. The van der Waals surface area contributed by atoms with Crippen LogP contribution in [0.15, 0.2) is 59.6 Å². The molecule has 0 fully saturated rings. The van der Waals surface area contributed by atoms with Crippen LogP contribution in [0.5, 0.6) is 0 Å². The third kappa shape index (κ3) is 3.55. The molecule has 0 N–H and O–H groups in total. The monoisotopic (exact) mass is 305 g/mol. The van der Waals surface area contributed by atoms with Crippen LogP contribution in [0.25, 0.3) is 6.08 Å². The van der Waals surface area contributed by atoms with Crippen LogP contribution in [-0.2, 0) is 0 Å². The number of rotatable bonds is 4. The predicted octanol–water partition coefficient (Wildman–Crippen LogP) is 2.60. The molecule has 0 saturated heterocycles. The van der Waals surface area contributed by atoms with Gasteiger partial charge in [0.2, 0.25) is 0 Å². The normalized spacial score (nSPS) is 10.7. The van der Waals surface area contributed by atoms with Crippen LogP contribution in [0.3, 0.4) is 0 Å². The first-order valence-corrected chi connectivity index (χ1v) is 7.23. The average molecular weight is 304 g/mol. The summed E-state index contributed by atoms with van der Waals surface area (Å²) in [5.41, 5.74) is 0.992. The second-order valence-electron chi connectivity index (χ2n) is 3.59. The van der Waals surface area contributed by atoms with Crippen LogP contribution in [0.2, 0.25) is 0 Å². The molecule has 4 heteroatoms. The summed E-state index contributed by atoms with van der Waals surface area (Å²) in [6.45, 7) is 0. The van der Waals surface area contributed by atoms with E-state index in [-0.39, 0.29) is 25.6 Å². The Hall–Kier alpha value is -1.90. The van der Waals surface area contributed by atoms with Gasteiger partial charge < -0.3 is 0 Å². The van der Waals surface area contributed by atoms with Crippen molar-refractivity contribution in [3.8, 4) is 0 Å². The zero-order chi connectivity index (χ0) is 12.8.